The van der Waals surface area contributed by atoms with Crippen molar-refractivity contribution in [3.05, 3.63) is 30.9 Å². The highest BCUT2D eigenvalue weighted by Crippen LogP contribution is 2.21. The van der Waals surface area contributed by atoms with Gasteiger partial charge in [0, 0.05) is 23.4 Å². The van der Waals surface area contributed by atoms with Crippen LogP contribution in [-0.2, 0) is 16.3 Å². The maximum Gasteiger partial charge on any atom is 0.312 e. The SMILES string of the molecule is C=C(C=N)c1ncnc2c1ccn2COC(=O)C(C)(C)C. The number of aromatic nitrogens is 3. The van der Waals surface area contributed by atoms with Crippen molar-refractivity contribution in [3.63, 3.8) is 0 Å². The first-order chi connectivity index (χ1) is 9.84. The topological polar surface area (TPSA) is 80.9 Å². The molecule has 0 fully saturated rings. The zero-order chi connectivity index (χ0) is 15.6. The molecule has 0 saturated heterocycles. The molecule has 0 spiro atoms. The highest BCUT2D eigenvalue weighted by atomic mass is 16.5. The van der Waals surface area contributed by atoms with Crippen LogP contribution < -0.4 is 0 Å². The zero-order valence-corrected chi connectivity index (χ0v) is 12.4. The van der Waals surface area contributed by atoms with E-state index in [1.165, 1.54) is 6.33 Å². The van der Waals surface area contributed by atoms with Gasteiger partial charge in [0.25, 0.3) is 0 Å². The molecule has 2 aromatic rings. The first-order valence-electron chi connectivity index (χ1n) is 6.51. The van der Waals surface area contributed by atoms with Gasteiger partial charge in [-0.1, -0.05) is 6.58 Å². The van der Waals surface area contributed by atoms with Gasteiger partial charge in [0.1, 0.15) is 12.0 Å². The van der Waals surface area contributed by atoms with Gasteiger partial charge in [0.05, 0.1) is 11.1 Å². The Morgan fingerprint density at radius 3 is 2.81 bits per heavy atom. The molecule has 2 rings (SSSR count). The average Bonchev–Trinajstić information content (AvgIpc) is 2.85. The second kappa shape index (κ2) is 5.47. The van der Waals surface area contributed by atoms with Crippen molar-refractivity contribution >= 4 is 28.8 Å². The van der Waals surface area contributed by atoms with Crippen molar-refractivity contribution in [2.75, 3.05) is 0 Å². The summed E-state index contributed by atoms with van der Waals surface area (Å²) in [5, 5.41) is 8.05. The molecule has 0 unspecified atom stereocenters. The molecule has 21 heavy (non-hydrogen) atoms. The maximum atomic E-state index is 11.8. The summed E-state index contributed by atoms with van der Waals surface area (Å²) in [5.41, 5.74) is 1.21. The van der Waals surface area contributed by atoms with Gasteiger partial charge >= 0.3 is 5.97 Å². The minimum absolute atomic E-state index is 0.0904. The Balaban J connectivity index is 2.29. The van der Waals surface area contributed by atoms with Crippen LogP contribution in [0.3, 0.4) is 0 Å². The van der Waals surface area contributed by atoms with E-state index in [9.17, 15) is 4.79 Å². The Morgan fingerprint density at radius 2 is 2.19 bits per heavy atom. The fraction of sp³-hybridized carbons (Fsp3) is 0.333. The van der Waals surface area contributed by atoms with Crippen molar-refractivity contribution in [1.29, 1.82) is 5.41 Å². The lowest BCUT2D eigenvalue weighted by molar-refractivity contribution is -0.156. The summed E-state index contributed by atoms with van der Waals surface area (Å²) >= 11 is 0. The summed E-state index contributed by atoms with van der Waals surface area (Å²) in [5.74, 6) is -0.275. The Kier molecular flexibility index (Phi) is 3.88. The third-order valence-corrected chi connectivity index (χ3v) is 2.98. The first kappa shape index (κ1) is 14.9. The van der Waals surface area contributed by atoms with E-state index in [4.69, 9.17) is 10.1 Å². The molecule has 2 aromatic heterocycles. The number of ether oxygens (including phenoxy) is 1. The summed E-state index contributed by atoms with van der Waals surface area (Å²) in [6.45, 7) is 9.28. The van der Waals surface area contributed by atoms with E-state index < -0.39 is 5.41 Å². The summed E-state index contributed by atoms with van der Waals surface area (Å²) in [7, 11) is 0. The van der Waals surface area contributed by atoms with E-state index in [1.807, 2.05) is 6.07 Å². The minimum atomic E-state index is -0.544. The summed E-state index contributed by atoms with van der Waals surface area (Å²) < 4.78 is 7.01. The summed E-state index contributed by atoms with van der Waals surface area (Å²) in [6, 6.07) is 1.82. The molecule has 0 saturated carbocycles. The largest absolute Gasteiger partial charge is 0.443 e. The van der Waals surface area contributed by atoms with Crippen LogP contribution in [0.4, 0.5) is 0 Å². The van der Waals surface area contributed by atoms with Crippen LogP contribution in [0, 0.1) is 10.8 Å². The van der Waals surface area contributed by atoms with Crippen molar-refractivity contribution < 1.29 is 9.53 Å². The summed E-state index contributed by atoms with van der Waals surface area (Å²) in [6.07, 6.45) is 4.34. The van der Waals surface area contributed by atoms with Crippen LogP contribution in [0.5, 0.6) is 0 Å². The predicted molar refractivity (Wildman–Crippen MR) is 80.9 cm³/mol. The number of hydrogen-bond acceptors (Lipinski definition) is 5. The third kappa shape index (κ3) is 2.99. The van der Waals surface area contributed by atoms with E-state index in [2.05, 4.69) is 16.5 Å². The number of carbonyl (C=O) groups is 1. The third-order valence-electron chi connectivity index (χ3n) is 2.98. The molecule has 0 amide bonds. The van der Waals surface area contributed by atoms with Gasteiger partial charge in [-0.15, -0.1) is 0 Å². The Hall–Kier alpha value is -2.50. The Bertz CT molecular complexity index is 710. The molecule has 0 bridgehead atoms. The predicted octanol–water partition coefficient (Wildman–Crippen LogP) is 2.64. The molecule has 6 heteroatoms. The highest BCUT2D eigenvalue weighted by molar-refractivity contribution is 6.11. The number of hydrogen-bond donors (Lipinski definition) is 1. The first-order valence-corrected chi connectivity index (χ1v) is 6.51. The van der Waals surface area contributed by atoms with Gasteiger partial charge in [-0.05, 0) is 26.8 Å². The molecular formula is C15H18N4O2. The second-order valence-electron chi connectivity index (χ2n) is 5.73. The van der Waals surface area contributed by atoms with E-state index in [1.54, 1.807) is 31.5 Å². The highest BCUT2D eigenvalue weighted by Gasteiger charge is 2.23. The number of fused-ring (bicyclic) bond motifs is 1. The molecule has 0 aliphatic heterocycles. The molecule has 6 nitrogen and oxygen atoms in total. The lowest BCUT2D eigenvalue weighted by Gasteiger charge is -2.17. The molecule has 0 atom stereocenters. The van der Waals surface area contributed by atoms with E-state index in [-0.39, 0.29) is 12.7 Å². The number of rotatable bonds is 4. The fourth-order valence-electron chi connectivity index (χ4n) is 1.78. The van der Waals surface area contributed by atoms with E-state index >= 15 is 0 Å². The molecule has 0 radical (unpaired) electrons. The Labute approximate surface area is 123 Å². The number of allylic oxidation sites excluding steroid dienone is 1. The van der Waals surface area contributed by atoms with Gasteiger partial charge in [0.2, 0.25) is 0 Å². The standard InChI is InChI=1S/C15H18N4O2/c1-10(7-16)12-11-5-6-19(13(11)18-8-17-12)9-21-14(20)15(2,3)4/h5-8,16H,1,9H2,2-4H3. The van der Waals surface area contributed by atoms with Gasteiger partial charge in [0.15, 0.2) is 6.73 Å². The van der Waals surface area contributed by atoms with Crippen molar-refractivity contribution in [2.24, 2.45) is 5.41 Å². The minimum Gasteiger partial charge on any atom is -0.443 e. The Morgan fingerprint density at radius 1 is 1.48 bits per heavy atom. The van der Waals surface area contributed by atoms with Crippen molar-refractivity contribution in [1.82, 2.24) is 14.5 Å². The molecular weight excluding hydrogens is 268 g/mol. The molecule has 0 aromatic carbocycles. The molecule has 1 N–H and O–H groups in total. The number of nitrogens with zero attached hydrogens (tertiary/aromatic N) is 3. The van der Waals surface area contributed by atoms with Crippen molar-refractivity contribution in [3.8, 4) is 0 Å². The molecule has 110 valence electrons. The van der Waals surface area contributed by atoms with Gasteiger partial charge in [-0.3, -0.25) is 9.36 Å². The van der Waals surface area contributed by atoms with E-state index in [0.717, 1.165) is 11.6 Å². The monoisotopic (exact) mass is 286 g/mol. The van der Waals surface area contributed by atoms with Crippen LogP contribution in [0.2, 0.25) is 0 Å². The van der Waals surface area contributed by atoms with Crippen LogP contribution >= 0.6 is 0 Å². The smallest absolute Gasteiger partial charge is 0.312 e. The number of esters is 1. The average molecular weight is 286 g/mol. The normalized spacial score (nSPS) is 11.4. The number of nitrogens with one attached hydrogen (secondary N) is 1. The van der Waals surface area contributed by atoms with Crippen molar-refractivity contribution in [2.45, 2.75) is 27.5 Å². The number of carbonyl (C=O) groups excluding carboxylic acids is 1. The van der Waals surface area contributed by atoms with E-state index in [0.29, 0.717) is 16.9 Å². The van der Waals surface area contributed by atoms with Crippen LogP contribution in [0.25, 0.3) is 16.6 Å². The van der Waals surface area contributed by atoms with Crippen LogP contribution in [0.15, 0.2) is 25.2 Å². The van der Waals surface area contributed by atoms with Gasteiger partial charge in [-0.25, -0.2) is 9.97 Å². The summed E-state index contributed by atoms with van der Waals surface area (Å²) in [4.78, 5) is 20.2. The van der Waals surface area contributed by atoms with Gasteiger partial charge < -0.3 is 10.1 Å². The molecule has 0 aliphatic rings. The van der Waals surface area contributed by atoms with Crippen LogP contribution in [0.1, 0.15) is 26.5 Å². The molecule has 0 aliphatic carbocycles. The lowest BCUT2D eigenvalue weighted by Crippen LogP contribution is -2.23. The quantitative estimate of drug-likeness (QED) is 0.692. The zero-order valence-electron chi connectivity index (χ0n) is 12.4. The maximum absolute atomic E-state index is 11.8. The molecule has 2 heterocycles. The second-order valence-corrected chi connectivity index (χ2v) is 5.73. The van der Waals surface area contributed by atoms with Crippen LogP contribution in [-0.4, -0.2) is 26.7 Å². The fourth-order valence-corrected chi connectivity index (χ4v) is 1.78. The lowest BCUT2D eigenvalue weighted by atomic mass is 9.98. The van der Waals surface area contributed by atoms with Gasteiger partial charge in [-0.2, -0.15) is 0 Å².